The molecule has 0 aliphatic carbocycles. The van der Waals surface area contributed by atoms with E-state index in [2.05, 4.69) is 10.2 Å². The normalized spacial score (nSPS) is 13.8. The highest BCUT2D eigenvalue weighted by molar-refractivity contribution is 6.37. The molecule has 3 rings (SSSR count). The number of halogens is 3. The molecule has 0 aromatic heterocycles. The summed E-state index contributed by atoms with van der Waals surface area (Å²) < 4.78 is 5.46. The fourth-order valence-electron chi connectivity index (χ4n) is 3.96. The topological polar surface area (TPSA) is 65.1 Å². The van der Waals surface area contributed by atoms with Gasteiger partial charge in [-0.1, -0.05) is 34.8 Å². The third-order valence-electron chi connectivity index (χ3n) is 5.92. The molecule has 1 aliphatic rings. The number of ether oxygens (including phenoxy) is 1. The van der Waals surface area contributed by atoms with Crippen LogP contribution in [0.1, 0.15) is 12.8 Å². The van der Waals surface area contributed by atoms with E-state index in [9.17, 15) is 9.59 Å². The maximum absolute atomic E-state index is 12.9. The van der Waals surface area contributed by atoms with Gasteiger partial charge in [-0.2, -0.15) is 0 Å². The van der Waals surface area contributed by atoms with E-state index in [4.69, 9.17) is 39.5 Å². The second-order valence-electron chi connectivity index (χ2n) is 8.68. The third kappa shape index (κ3) is 7.40. The van der Waals surface area contributed by atoms with Crippen LogP contribution in [0.4, 0.5) is 5.69 Å². The lowest BCUT2D eigenvalue weighted by Crippen LogP contribution is -2.51. The molecule has 35 heavy (non-hydrogen) atoms. The molecule has 1 aliphatic heterocycles. The van der Waals surface area contributed by atoms with Gasteiger partial charge in [0.25, 0.3) is 0 Å². The number of methoxy groups -OCH3 is 1. The zero-order chi connectivity index (χ0) is 25.5. The van der Waals surface area contributed by atoms with Crippen LogP contribution < -0.4 is 10.1 Å². The van der Waals surface area contributed by atoms with Crippen molar-refractivity contribution in [3.8, 4) is 16.9 Å². The minimum Gasteiger partial charge on any atom is -0.495 e. The van der Waals surface area contributed by atoms with E-state index in [-0.39, 0.29) is 18.4 Å². The Balaban J connectivity index is 1.61. The number of carbonyl (C=O) groups is 2. The summed E-state index contributed by atoms with van der Waals surface area (Å²) in [7, 11) is 5.53. The van der Waals surface area contributed by atoms with Gasteiger partial charge in [0.05, 0.1) is 24.4 Å². The molecule has 0 bridgehead atoms. The van der Waals surface area contributed by atoms with Gasteiger partial charge in [-0.3, -0.25) is 9.59 Å². The molecule has 2 amide bonds. The fourth-order valence-corrected chi connectivity index (χ4v) is 4.61. The summed E-state index contributed by atoms with van der Waals surface area (Å²) in [6, 6.07) is 8.65. The van der Waals surface area contributed by atoms with Crippen molar-refractivity contribution < 1.29 is 14.3 Å². The number of rotatable bonds is 9. The lowest BCUT2D eigenvalue weighted by Gasteiger charge is -2.35. The first-order valence-electron chi connectivity index (χ1n) is 11.5. The first-order valence-corrected chi connectivity index (χ1v) is 12.6. The average Bonchev–Trinajstić information content (AvgIpc) is 2.84. The average molecular weight is 542 g/mol. The summed E-state index contributed by atoms with van der Waals surface area (Å²) in [6.45, 7) is 3.09. The van der Waals surface area contributed by atoms with Crippen LogP contribution in [0.15, 0.2) is 30.3 Å². The van der Waals surface area contributed by atoms with Crippen molar-refractivity contribution in [3.05, 3.63) is 45.4 Å². The zero-order valence-corrected chi connectivity index (χ0v) is 22.5. The number of nitrogens with one attached hydrogen (secondary N) is 1. The Morgan fingerprint density at radius 1 is 0.943 bits per heavy atom. The van der Waals surface area contributed by atoms with Crippen LogP contribution in [0.2, 0.25) is 15.1 Å². The maximum Gasteiger partial charge on any atom is 0.241 e. The molecular formula is C25H31Cl3N4O3. The molecule has 190 valence electrons. The molecule has 0 radical (unpaired) electrons. The van der Waals surface area contributed by atoms with E-state index < -0.39 is 0 Å². The molecule has 2 aromatic rings. The van der Waals surface area contributed by atoms with Gasteiger partial charge in [0.15, 0.2) is 0 Å². The highest BCUT2D eigenvalue weighted by Gasteiger charge is 2.24. The van der Waals surface area contributed by atoms with Gasteiger partial charge >= 0.3 is 0 Å². The van der Waals surface area contributed by atoms with Crippen LogP contribution in [0.25, 0.3) is 11.1 Å². The van der Waals surface area contributed by atoms with Gasteiger partial charge in [0, 0.05) is 59.8 Å². The van der Waals surface area contributed by atoms with Crippen molar-refractivity contribution in [1.82, 2.24) is 14.7 Å². The summed E-state index contributed by atoms with van der Waals surface area (Å²) in [4.78, 5) is 31.0. The number of hydrogen-bond acceptors (Lipinski definition) is 5. The van der Waals surface area contributed by atoms with E-state index in [1.807, 2.05) is 19.0 Å². The van der Waals surface area contributed by atoms with E-state index in [1.54, 1.807) is 42.3 Å². The van der Waals surface area contributed by atoms with Gasteiger partial charge < -0.3 is 24.8 Å². The molecule has 1 heterocycles. The first kappa shape index (κ1) is 27.4. The number of benzene rings is 2. The monoisotopic (exact) mass is 540 g/mol. The van der Waals surface area contributed by atoms with Crippen LogP contribution in [0, 0.1) is 0 Å². The summed E-state index contributed by atoms with van der Waals surface area (Å²) >= 11 is 19.0. The smallest absolute Gasteiger partial charge is 0.241 e. The molecule has 10 heteroatoms. The van der Waals surface area contributed by atoms with Crippen LogP contribution in [-0.4, -0.2) is 87.0 Å². The van der Waals surface area contributed by atoms with E-state index in [0.29, 0.717) is 70.2 Å². The van der Waals surface area contributed by atoms with Gasteiger partial charge in [-0.25, -0.2) is 0 Å². The number of amides is 2. The van der Waals surface area contributed by atoms with Crippen molar-refractivity contribution in [2.45, 2.75) is 12.8 Å². The fraction of sp³-hybridized carbons (Fsp3) is 0.440. The molecule has 0 saturated carbocycles. The van der Waals surface area contributed by atoms with Gasteiger partial charge in [-0.15, -0.1) is 0 Å². The van der Waals surface area contributed by atoms with Crippen molar-refractivity contribution in [2.75, 3.05) is 65.8 Å². The molecule has 0 unspecified atom stereocenters. The van der Waals surface area contributed by atoms with E-state index >= 15 is 0 Å². The van der Waals surface area contributed by atoms with Crippen LogP contribution >= 0.6 is 34.8 Å². The van der Waals surface area contributed by atoms with Gasteiger partial charge in [0.2, 0.25) is 11.8 Å². The predicted molar refractivity (Wildman–Crippen MR) is 143 cm³/mol. The van der Waals surface area contributed by atoms with Crippen LogP contribution in [0.3, 0.4) is 0 Å². The Morgan fingerprint density at radius 2 is 1.57 bits per heavy atom. The van der Waals surface area contributed by atoms with Gasteiger partial charge in [0.1, 0.15) is 5.75 Å². The van der Waals surface area contributed by atoms with Crippen molar-refractivity contribution in [3.63, 3.8) is 0 Å². The van der Waals surface area contributed by atoms with Gasteiger partial charge in [-0.05, 0) is 51.3 Å². The molecular weight excluding hydrogens is 511 g/mol. The highest BCUT2D eigenvalue weighted by atomic mass is 35.5. The van der Waals surface area contributed by atoms with Crippen molar-refractivity contribution in [1.29, 1.82) is 0 Å². The highest BCUT2D eigenvalue weighted by Crippen LogP contribution is 2.40. The molecule has 2 aromatic carbocycles. The maximum atomic E-state index is 12.9. The summed E-state index contributed by atoms with van der Waals surface area (Å²) in [5.41, 5.74) is 1.98. The van der Waals surface area contributed by atoms with E-state index in [1.165, 1.54) is 0 Å². The minimum absolute atomic E-state index is 0.0518. The number of piperazine rings is 1. The molecule has 1 N–H and O–H groups in total. The zero-order valence-electron chi connectivity index (χ0n) is 20.2. The second-order valence-corrected chi connectivity index (χ2v) is 9.93. The van der Waals surface area contributed by atoms with Crippen molar-refractivity contribution >= 4 is 52.3 Å². The van der Waals surface area contributed by atoms with Crippen molar-refractivity contribution in [2.24, 2.45) is 0 Å². The molecule has 7 nitrogen and oxygen atoms in total. The number of hydrogen-bond donors (Lipinski definition) is 1. The second kappa shape index (κ2) is 12.7. The minimum atomic E-state index is -0.0518. The molecule has 1 saturated heterocycles. The standard InChI is InChI=1S/C25H31Cl3N4O3/c1-30(2)8-4-5-24(33)31-9-11-32(12-10-31)25(34)16-29-22-14-19(21(28)15-23(22)35-3)18-13-17(26)6-7-20(18)27/h6-7,13-15,29H,4-5,8-12,16H2,1-3H3. The number of nitrogens with zero attached hydrogens (tertiary/aromatic N) is 3. The predicted octanol–water partition coefficient (Wildman–Crippen LogP) is 4.75. The van der Waals surface area contributed by atoms with E-state index in [0.717, 1.165) is 13.0 Å². The molecule has 0 atom stereocenters. The summed E-state index contributed by atoms with van der Waals surface area (Å²) in [6.07, 6.45) is 1.36. The first-order chi connectivity index (χ1) is 16.7. The lowest BCUT2D eigenvalue weighted by atomic mass is 10.0. The molecule has 0 spiro atoms. The largest absolute Gasteiger partial charge is 0.495 e. The quantitative estimate of drug-likeness (QED) is 0.496. The Bertz CT molecular complexity index is 1060. The van der Waals surface area contributed by atoms with Crippen LogP contribution in [0.5, 0.6) is 5.75 Å². The molecule has 1 fully saturated rings. The Hall–Kier alpha value is -2.19. The number of carbonyl (C=O) groups excluding carboxylic acids is 2. The number of anilines is 1. The third-order valence-corrected chi connectivity index (χ3v) is 6.80. The Labute approximate surface area is 221 Å². The Morgan fingerprint density at radius 3 is 2.20 bits per heavy atom. The van der Waals surface area contributed by atoms with Crippen LogP contribution in [-0.2, 0) is 9.59 Å². The SMILES string of the molecule is COc1cc(Cl)c(-c2cc(Cl)ccc2Cl)cc1NCC(=O)N1CCN(C(=O)CCCN(C)C)CC1. The summed E-state index contributed by atoms with van der Waals surface area (Å²) in [5, 5.41) is 4.67. The Kier molecular flexibility index (Phi) is 9.92. The lowest BCUT2D eigenvalue weighted by molar-refractivity contribution is -0.138. The summed E-state index contributed by atoms with van der Waals surface area (Å²) in [5.74, 6) is 0.608.